The molecule has 1 unspecified atom stereocenters. The fourth-order valence-corrected chi connectivity index (χ4v) is 2.05. The van der Waals surface area contributed by atoms with E-state index < -0.39 is 0 Å². The van der Waals surface area contributed by atoms with Crippen molar-refractivity contribution in [1.82, 2.24) is 5.32 Å². The molecule has 0 saturated carbocycles. The second-order valence-corrected chi connectivity index (χ2v) is 7.46. The summed E-state index contributed by atoms with van der Waals surface area (Å²) in [4.78, 5) is 0. The van der Waals surface area contributed by atoms with Gasteiger partial charge in [-0.2, -0.15) is 11.8 Å². The molecule has 0 aromatic carbocycles. The minimum atomic E-state index is 0.239. The molecule has 2 heteroatoms. The van der Waals surface area contributed by atoms with Gasteiger partial charge in [0, 0.05) is 5.54 Å². The highest BCUT2D eigenvalue weighted by molar-refractivity contribution is 7.98. The van der Waals surface area contributed by atoms with Crippen LogP contribution in [0.15, 0.2) is 0 Å². The predicted octanol–water partition coefficient (Wildman–Crippen LogP) is 3.79. The van der Waals surface area contributed by atoms with Gasteiger partial charge in [0.15, 0.2) is 0 Å². The summed E-state index contributed by atoms with van der Waals surface area (Å²) in [6.45, 7) is 14.9. The van der Waals surface area contributed by atoms with Gasteiger partial charge in [-0.15, -0.1) is 0 Å². The van der Waals surface area contributed by atoms with Gasteiger partial charge < -0.3 is 5.32 Å². The molecule has 0 rings (SSSR count). The maximum atomic E-state index is 3.63. The predicted molar refractivity (Wildman–Crippen MR) is 73.7 cm³/mol. The van der Waals surface area contributed by atoms with E-state index in [1.54, 1.807) is 0 Å². The van der Waals surface area contributed by atoms with Crippen LogP contribution in [0.5, 0.6) is 0 Å². The molecule has 1 atom stereocenters. The molecule has 1 nitrogen and oxygen atoms in total. The molecule has 0 saturated heterocycles. The minimum Gasteiger partial charge on any atom is -0.312 e. The summed E-state index contributed by atoms with van der Waals surface area (Å²) in [5.74, 6) is 2.04. The van der Waals surface area contributed by atoms with Crippen LogP contribution < -0.4 is 5.32 Å². The number of rotatable bonds is 5. The summed E-state index contributed by atoms with van der Waals surface area (Å²) >= 11 is 1.95. The molecule has 0 aliphatic rings. The molecule has 0 aliphatic carbocycles. The van der Waals surface area contributed by atoms with Crippen molar-refractivity contribution < 1.29 is 0 Å². The van der Waals surface area contributed by atoms with Gasteiger partial charge in [-0.3, -0.25) is 0 Å². The largest absolute Gasteiger partial charge is 0.312 e. The number of nitrogens with one attached hydrogen (secondary N) is 1. The van der Waals surface area contributed by atoms with E-state index in [2.05, 4.69) is 53.1 Å². The zero-order valence-electron chi connectivity index (χ0n) is 11.6. The van der Waals surface area contributed by atoms with Crippen LogP contribution in [0, 0.1) is 11.3 Å². The Bertz CT molecular complexity index is 164. The van der Waals surface area contributed by atoms with Crippen molar-refractivity contribution in [2.24, 2.45) is 11.3 Å². The Balaban J connectivity index is 4.14. The molecular formula is C13H29NS. The lowest BCUT2D eigenvalue weighted by atomic mass is 9.79. The lowest BCUT2D eigenvalue weighted by molar-refractivity contribution is 0.211. The lowest BCUT2D eigenvalue weighted by Crippen LogP contribution is -2.42. The molecule has 0 heterocycles. The van der Waals surface area contributed by atoms with Gasteiger partial charge in [-0.05, 0) is 57.1 Å². The molecular weight excluding hydrogens is 202 g/mol. The van der Waals surface area contributed by atoms with Crippen molar-refractivity contribution in [1.29, 1.82) is 0 Å². The first-order valence-corrected chi connectivity index (χ1v) is 7.30. The Kier molecular flexibility index (Phi) is 6.27. The first-order valence-electron chi connectivity index (χ1n) is 5.91. The van der Waals surface area contributed by atoms with Crippen molar-refractivity contribution in [2.45, 2.75) is 53.5 Å². The first kappa shape index (κ1) is 15.3. The van der Waals surface area contributed by atoms with Crippen molar-refractivity contribution in [3.63, 3.8) is 0 Å². The van der Waals surface area contributed by atoms with Crippen molar-refractivity contribution in [2.75, 3.05) is 18.6 Å². The molecule has 0 aromatic rings. The van der Waals surface area contributed by atoms with Gasteiger partial charge in [0.1, 0.15) is 0 Å². The monoisotopic (exact) mass is 231 g/mol. The summed E-state index contributed by atoms with van der Waals surface area (Å²) in [6, 6.07) is 0. The molecule has 0 aliphatic heterocycles. The van der Waals surface area contributed by atoms with Crippen molar-refractivity contribution in [3.8, 4) is 0 Å². The van der Waals surface area contributed by atoms with Gasteiger partial charge in [-0.1, -0.05) is 20.8 Å². The van der Waals surface area contributed by atoms with Gasteiger partial charge >= 0.3 is 0 Å². The summed E-state index contributed by atoms with van der Waals surface area (Å²) in [5, 5.41) is 3.63. The van der Waals surface area contributed by atoms with Gasteiger partial charge in [0.2, 0.25) is 0 Å². The zero-order chi connectivity index (χ0) is 12.1. The van der Waals surface area contributed by atoms with E-state index in [-0.39, 0.29) is 5.54 Å². The van der Waals surface area contributed by atoms with E-state index >= 15 is 0 Å². The Morgan fingerprint density at radius 3 is 1.93 bits per heavy atom. The van der Waals surface area contributed by atoms with E-state index in [1.807, 2.05) is 11.8 Å². The highest BCUT2D eigenvalue weighted by atomic mass is 32.2. The highest BCUT2D eigenvalue weighted by Crippen LogP contribution is 2.29. The van der Waals surface area contributed by atoms with Crippen molar-refractivity contribution in [3.05, 3.63) is 0 Å². The van der Waals surface area contributed by atoms with E-state index in [0.29, 0.717) is 5.41 Å². The van der Waals surface area contributed by atoms with Crippen molar-refractivity contribution >= 4 is 11.8 Å². The average molecular weight is 231 g/mol. The number of thioether (sulfide) groups is 1. The molecule has 0 amide bonds. The molecule has 0 aromatic heterocycles. The smallest absolute Gasteiger partial charge is 0.00966 e. The molecule has 0 fully saturated rings. The van der Waals surface area contributed by atoms with Crippen LogP contribution in [0.3, 0.4) is 0 Å². The number of hydrogen-bond acceptors (Lipinski definition) is 2. The Morgan fingerprint density at radius 1 is 1.07 bits per heavy atom. The topological polar surface area (TPSA) is 12.0 Å². The van der Waals surface area contributed by atoms with E-state index in [4.69, 9.17) is 0 Å². The SMILES string of the molecule is CSCCC(CNC(C)(C)C)C(C)(C)C. The maximum Gasteiger partial charge on any atom is 0.00966 e. The lowest BCUT2D eigenvalue weighted by Gasteiger charge is -2.33. The van der Waals surface area contributed by atoms with E-state index in [9.17, 15) is 0 Å². The second-order valence-electron chi connectivity index (χ2n) is 6.48. The average Bonchev–Trinajstić information content (AvgIpc) is 1.99. The quantitative estimate of drug-likeness (QED) is 0.772. The van der Waals surface area contributed by atoms with Crippen LogP contribution in [-0.4, -0.2) is 24.1 Å². The highest BCUT2D eigenvalue weighted by Gasteiger charge is 2.25. The molecule has 0 bridgehead atoms. The van der Waals surface area contributed by atoms with Crippen LogP contribution in [0.25, 0.3) is 0 Å². The fourth-order valence-electron chi connectivity index (χ4n) is 1.53. The Morgan fingerprint density at radius 2 is 1.60 bits per heavy atom. The third kappa shape index (κ3) is 8.15. The summed E-state index contributed by atoms with van der Waals surface area (Å²) in [6.07, 6.45) is 3.50. The van der Waals surface area contributed by atoms with Gasteiger partial charge in [-0.25, -0.2) is 0 Å². The standard InChI is InChI=1S/C13H29NS/c1-12(2,3)11(8-9-15-7)10-14-13(4,5)6/h11,14H,8-10H2,1-7H3. The van der Waals surface area contributed by atoms with Crippen LogP contribution >= 0.6 is 11.8 Å². The molecule has 92 valence electrons. The summed E-state index contributed by atoms with van der Waals surface area (Å²) in [5.41, 5.74) is 0.650. The third-order valence-electron chi connectivity index (χ3n) is 2.77. The normalized spacial score (nSPS) is 15.4. The van der Waals surface area contributed by atoms with Crippen LogP contribution in [0.4, 0.5) is 0 Å². The van der Waals surface area contributed by atoms with Gasteiger partial charge in [0.05, 0.1) is 0 Å². The van der Waals surface area contributed by atoms with Crippen LogP contribution in [0.1, 0.15) is 48.0 Å². The van der Waals surface area contributed by atoms with Crippen LogP contribution in [-0.2, 0) is 0 Å². The maximum absolute atomic E-state index is 3.63. The van der Waals surface area contributed by atoms with Gasteiger partial charge in [0.25, 0.3) is 0 Å². The molecule has 0 spiro atoms. The minimum absolute atomic E-state index is 0.239. The Labute approximate surface area is 101 Å². The van der Waals surface area contributed by atoms with E-state index in [0.717, 1.165) is 12.5 Å². The second kappa shape index (κ2) is 6.15. The first-order chi connectivity index (χ1) is 6.67. The summed E-state index contributed by atoms with van der Waals surface area (Å²) in [7, 11) is 0. The Hall–Kier alpha value is 0.310. The zero-order valence-corrected chi connectivity index (χ0v) is 12.4. The third-order valence-corrected chi connectivity index (χ3v) is 3.42. The molecule has 15 heavy (non-hydrogen) atoms. The number of hydrogen-bond donors (Lipinski definition) is 1. The van der Waals surface area contributed by atoms with Crippen LogP contribution in [0.2, 0.25) is 0 Å². The van der Waals surface area contributed by atoms with E-state index in [1.165, 1.54) is 12.2 Å². The fraction of sp³-hybridized carbons (Fsp3) is 1.00. The molecule has 0 radical (unpaired) electrons. The molecule has 1 N–H and O–H groups in total. The summed E-state index contributed by atoms with van der Waals surface area (Å²) < 4.78 is 0.